The number of benzene rings is 1. The summed E-state index contributed by atoms with van der Waals surface area (Å²) in [6.07, 6.45) is 2.62. The quantitative estimate of drug-likeness (QED) is 0.611. The molecule has 0 atom stereocenters. The number of nitriles is 1. The van der Waals surface area contributed by atoms with Crippen LogP contribution in [0.2, 0.25) is 0 Å². The number of ether oxygens (including phenoxy) is 1. The summed E-state index contributed by atoms with van der Waals surface area (Å²) in [5.74, 6) is 0.161. The molecule has 0 aliphatic rings. The molecule has 0 N–H and O–H groups in total. The van der Waals surface area contributed by atoms with Crippen molar-refractivity contribution in [3.8, 4) is 23.2 Å². The van der Waals surface area contributed by atoms with Crippen LogP contribution in [0.25, 0.3) is 11.3 Å². The van der Waals surface area contributed by atoms with Crippen molar-refractivity contribution in [1.82, 2.24) is 15.0 Å². The van der Waals surface area contributed by atoms with Crippen molar-refractivity contribution in [2.45, 2.75) is 11.9 Å². The number of sulfonamides is 1. The molecule has 3 aromatic rings. The van der Waals surface area contributed by atoms with Gasteiger partial charge < -0.3 is 4.74 Å². The summed E-state index contributed by atoms with van der Waals surface area (Å²) >= 11 is 0. The predicted molar refractivity (Wildman–Crippen MR) is 103 cm³/mol. The van der Waals surface area contributed by atoms with Crippen LogP contribution in [0.5, 0.6) is 5.88 Å². The molecule has 0 saturated heterocycles. The van der Waals surface area contributed by atoms with E-state index in [0.717, 1.165) is 21.8 Å². The lowest BCUT2D eigenvalue weighted by Crippen LogP contribution is -2.28. The normalized spacial score (nSPS) is 10.9. The Hall–Kier alpha value is -3.51. The van der Waals surface area contributed by atoms with Crippen LogP contribution >= 0.6 is 0 Å². The first kappa shape index (κ1) is 19.3. The van der Waals surface area contributed by atoms with E-state index in [2.05, 4.69) is 15.0 Å². The number of hydrogen-bond acceptors (Lipinski definition) is 7. The molecule has 0 amide bonds. The minimum atomic E-state index is -3.92. The van der Waals surface area contributed by atoms with Crippen molar-refractivity contribution in [2.75, 3.05) is 18.5 Å². The second-order valence-corrected chi connectivity index (χ2v) is 7.83. The lowest BCUT2D eigenvalue weighted by atomic mass is 10.1. The Kier molecular flexibility index (Phi) is 5.24. The number of anilines is 1. The fourth-order valence-corrected chi connectivity index (χ4v) is 3.75. The molecule has 0 fully saturated rings. The molecule has 0 aliphatic carbocycles. The lowest BCUT2D eigenvalue weighted by molar-refractivity contribution is 0.394. The average molecular weight is 395 g/mol. The highest BCUT2D eigenvalue weighted by molar-refractivity contribution is 7.92. The van der Waals surface area contributed by atoms with Gasteiger partial charge in [0.1, 0.15) is 12.4 Å². The van der Waals surface area contributed by atoms with Crippen LogP contribution in [0.1, 0.15) is 11.1 Å². The SMILES string of the molecule is COc1cc(S(=O)(=O)N(C)c2cc(-c3ccc(C#N)cn3)ccc2C)ncn1. The van der Waals surface area contributed by atoms with Crippen LogP contribution in [-0.2, 0) is 10.0 Å². The van der Waals surface area contributed by atoms with Gasteiger partial charge in [-0.15, -0.1) is 0 Å². The van der Waals surface area contributed by atoms with Crippen LogP contribution in [0, 0.1) is 18.3 Å². The summed E-state index contributed by atoms with van der Waals surface area (Å²) in [4.78, 5) is 12.0. The Morgan fingerprint density at radius 3 is 2.54 bits per heavy atom. The van der Waals surface area contributed by atoms with E-state index in [0.29, 0.717) is 16.9 Å². The molecule has 0 aliphatic heterocycles. The van der Waals surface area contributed by atoms with Crippen LogP contribution in [0.15, 0.2) is 53.9 Å². The van der Waals surface area contributed by atoms with Crippen LogP contribution in [-0.4, -0.2) is 37.5 Å². The Bertz CT molecular complexity index is 1150. The Morgan fingerprint density at radius 1 is 1.11 bits per heavy atom. The third-order valence-electron chi connectivity index (χ3n) is 4.19. The molecule has 0 radical (unpaired) electrons. The molecule has 0 spiro atoms. The van der Waals surface area contributed by atoms with Crippen molar-refractivity contribution >= 4 is 15.7 Å². The first-order chi connectivity index (χ1) is 13.4. The van der Waals surface area contributed by atoms with Gasteiger partial charge in [0.15, 0.2) is 5.03 Å². The van der Waals surface area contributed by atoms with Gasteiger partial charge in [0.2, 0.25) is 5.88 Å². The molecule has 2 heterocycles. The molecular formula is C19H17N5O3S. The minimum absolute atomic E-state index is 0.161. The van der Waals surface area contributed by atoms with Gasteiger partial charge in [-0.3, -0.25) is 9.29 Å². The maximum Gasteiger partial charge on any atom is 0.281 e. The van der Waals surface area contributed by atoms with E-state index in [-0.39, 0.29) is 10.9 Å². The Labute approximate surface area is 163 Å². The number of methoxy groups -OCH3 is 1. The first-order valence-corrected chi connectivity index (χ1v) is 9.63. The van der Waals surface area contributed by atoms with Crippen molar-refractivity contribution < 1.29 is 13.2 Å². The molecule has 0 unspecified atom stereocenters. The highest BCUT2D eigenvalue weighted by Crippen LogP contribution is 2.30. The largest absolute Gasteiger partial charge is 0.481 e. The molecular weight excluding hydrogens is 378 g/mol. The van der Waals surface area contributed by atoms with Gasteiger partial charge in [0.05, 0.1) is 24.1 Å². The summed E-state index contributed by atoms with van der Waals surface area (Å²) in [6, 6.07) is 12.1. The van der Waals surface area contributed by atoms with Crippen LogP contribution in [0.4, 0.5) is 5.69 Å². The molecule has 3 rings (SSSR count). The van der Waals surface area contributed by atoms with Gasteiger partial charge in [-0.05, 0) is 30.7 Å². The Morgan fingerprint density at radius 2 is 1.89 bits per heavy atom. The average Bonchev–Trinajstić information content (AvgIpc) is 2.73. The zero-order valence-electron chi connectivity index (χ0n) is 15.5. The van der Waals surface area contributed by atoms with E-state index in [4.69, 9.17) is 10.00 Å². The van der Waals surface area contributed by atoms with Gasteiger partial charge in [0.25, 0.3) is 10.0 Å². The second-order valence-electron chi connectivity index (χ2n) is 5.92. The lowest BCUT2D eigenvalue weighted by Gasteiger charge is -2.21. The van der Waals surface area contributed by atoms with Crippen molar-refractivity contribution in [1.29, 1.82) is 5.26 Å². The summed E-state index contributed by atoms with van der Waals surface area (Å²) in [5, 5.41) is 8.74. The molecule has 0 bridgehead atoms. The fraction of sp³-hybridized carbons (Fsp3) is 0.158. The topological polar surface area (TPSA) is 109 Å². The molecule has 28 heavy (non-hydrogen) atoms. The minimum Gasteiger partial charge on any atom is -0.481 e. The van der Waals surface area contributed by atoms with E-state index < -0.39 is 10.0 Å². The van der Waals surface area contributed by atoms with Crippen molar-refractivity contribution in [2.24, 2.45) is 0 Å². The van der Waals surface area contributed by atoms with E-state index in [1.54, 1.807) is 18.2 Å². The zero-order chi connectivity index (χ0) is 20.3. The number of aryl methyl sites for hydroxylation is 1. The third-order valence-corrected chi connectivity index (χ3v) is 5.86. The maximum atomic E-state index is 13.0. The number of rotatable bonds is 5. The maximum absolute atomic E-state index is 13.0. The van der Waals surface area contributed by atoms with Crippen LogP contribution in [0.3, 0.4) is 0 Å². The van der Waals surface area contributed by atoms with Gasteiger partial charge in [-0.1, -0.05) is 12.1 Å². The smallest absolute Gasteiger partial charge is 0.281 e. The zero-order valence-corrected chi connectivity index (χ0v) is 16.3. The molecule has 8 nitrogen and oxygen atoms in total. The van der Waals surface area contributed by atoms with Crippen molar-refractivity contribution in [3.63, 3.8) is 0 Å². The molecule has 1 aromatic carbocycles. The monoisotopic (exact) mass is 395 g/mol. The fourth-order valence-electron chi connectivity index (χ4n) is 2.58. The number of pyridine rings is 1. The van der Waals surface area contributed by atoms with Crippen LogP contribution < -0.4 is 9.04 Å². The van der Waals surface area contributed by atoms with E-state index in [1.807, 2.05) is 25.1 Å². The summed E-state index contributed by atoms with van der Waals surface area (Å²) in [5.41, 5.74) is 3.07. The number of nitrogens with zero attached hydrogens (tertiary/aromatic N) is 5. The summed E-state index contributed by atoms with van der Waals surface area (Å²) in [7, 11) is -1.05. The molecule has 142 valence electrons. The van der Waals surface area contributed by atoms with E-state index >= 15 is 0 Å². The second kappa shape index (κ2) is 7.62. The van der Waals surface area contributed by atoms with Crippen molar-refractivity contribution in [3.05, 3.63) is 60.0 Å². The standard InChI is InChI=1S/C19H17N5O3S/c1-13-4-6-15(16-7-5-14(10-20)11-21-16)8-17(13)24(2)28(25,26)19-9-18(27-3)22-12-23-19/h4-9,11-12H,1-3H3. The third kappa shape index (κ3) is 3.63. The van der Waals surface area contributed by atoms with Gasteiger partial charge in [0, 0.05) is 24.9 Å². The highest BCUT2D eigenvalue weighted by atomic mass is 32.2. The van der Waals surface area contributed by atoms with E-state index in [9.17, 15) is 8.42 Å². The number of hydrogen-bond donors (Lipinski definition) is 0. The molecule has 9 heteroatoms. The van der Waals surface area contributed by atoms with E-state index in [1.165, 1.54) is 26.4 Å². The van der Waals surface area contributed by atoms with Gasteiger partial charge in [-0.2, -0.15) is 13.7 Å². The highest BCUT2D eigenvalue weighted by Gasteiger charge is 2.25. The first-order valence-electron chi connectivity index (χ1n) is 8.19. The molecule has 2 aromatic heterocycles. The van der Waals surface area contributed by atoms with Gasteiger partial charge in [-0.25, -0.2) is 9.97 Å². The summed E-state index contributed by atoms with van der Waals surface area (Å²) in [6.45, 7) is 1.82. The van der Waals surface area contributed by atoms with Gasteiger partial charge >= 0.3 is 0 Å². The molecule has 0 saturated carbocycles. The predicted octanol–water partition coefficient (Wildman–Crippen LogP) is 2.55. The number of aromatic nitrogens is 3. The summed E-state index contributed by atoms with van der Waals surface area (Å²) < 4.78 is 32.2. The Balaban J connectivity index is 2.03.